The Bertz CT molecular complexity index is 1190. The Kier molecular flexibility index (Phi) is 6.55. The van der Waals surface area contributed by atoms with Crippen LogP contribution in [0.2, 0.25) is 0 Å². The summed E-state index contributed by atoms with van der Waals surface area (Å²) in [7, 11) is 0. The lowest BCUT2D eigenvalue weighted by atomic mass is 10.0. The second-order valence-electron chi connectivity index (χ2n) is 8.51. The zero-order valence-corrected chi connectivity index (χ0v) is 19.1. The van der Waals surface area contributed by atoms with Crippen molar-refractivity contribution in [2.24, 2.45) is 0 Å². The summed E-state index contributed by atoms with van der Waals surface area (Å²) in [6, 6.07) is 27.2. The fourth-order valence-electron chi connectivity index (χ4n) is 4.09. The van der Waals surface area contributed by atoms with Crippen molar-refractivity contribution in [2.75, 3.05) is 6.54 Å². The SMILES string of the molecule is Cc1ccc(Cn2cc(C)c(-c3ccc(C)cc3)c2C(=O)NCCc2ccccc2)cc1. The highest BCUT2D eigenvalue weighted by Crippen LogP contribution is 2.30. The molecule has 0 fully saturated rings. The Morgan fingerprint density at radius 2 is 1.41 bits per heavy atom. The van der Waals surface area contributed by atoms with Gasteiger partial charge in [-0.25, -0.2) is 0 Å². The van der Waals surface area contributed by atoms with E-state index in [1.807, 2.05) is 18.2 Å². The van der Waals surface area contributed by atoms with Crippen molar-refractivity contribution in [3.8, 4) is 11.1 Å². The van der Waals surface area contributed by atoms with E-state index in [1.54, 1.807) is 0 Å². The summed E-state index contributed by atoms with van der Waals surface area (Å²) in [5, 5.41) is 3.16. The summed E-state index contributed by atoms with van der Waals surface area (Å²) in [4.78, 5) is 13.4. The molecule has 0 spiro atoms. The number of carbonyl (C=O) groups excluding carboxylic acids is 1. The van der Waals surface area contributed by atoms with E-state index in [0.717, 1.165) is 28.8 Å². The number of carbonyl (C=O) groups is 1. The highest BCUT2D eigenvalue weighted by molar-refractivity contribution is 6.00. The molecule has 0 atom stereocenters. The molecule has 0 bridgehead atoms. The van der Waals surface area contributed by atoms with Gasteiger partial charge in [0.2, 0.25) is 0 Å². The maximum atomic E-state index is 13.4. The van der Waals surface area contributed by atoms with E-state index in [4.69, 9.17) is 0 Å². The molecule has 162 valence electrons. The summed E-state index contributed by atoms with van der Waals surface area (Å²) < 4.78 is 2.09. The summed E-state index contributed by atoms with van der Waals surface area (Å²) in [6.45, 7) is 7.52. The zero-order chi connectivity index (χ0) is 22.5. The van der Waals surface area contributed by atoms with E-state index in [9.17, 15) is 4.79 Å². The normalized spacial score (nSPS) is 10.8. The number of aryl methyl sites for hydroxylation is 3. The van der Waals surface area contributed by atoms with Crippen molar-refractivity contribution in [3.63, 3.8) is 0 Å². The Balaban J connectivity index is 1.65. The van der Waals surface area contributed by atoms with Crippen LogP contribution in [-0.4, -0.2) is 17.0 Å². The fourth-order valence-corrected chi connectivity index (χ4v) is 4.09. The average molecular weight is 423 g/mol. The van der Waals surface area contributed by atoms with Gasteiger partial charge >= 0.3 is 0 Å². The standard InChI is InChI=1S/C29H30N2O/c1-21-9-13-25(14-10-21)20-31-19-23(3)27(26-15-11-22(2)12-16-26)28(31)29(32)30-18-17-24-7-5-4-6-8-24/h4-16,19H,17-18,20H2,1-3H3,(H,30,32). The highest BCUT2D eigenvalue weighted by atomic mass is 16.1. The summed E-state index contributed by atoms with van der Waals surface area (Å²) >= 11 is 0. The number of hydrogen-bond donors (Lipinski definition) is 1. The fraction of sp³-hybridized carbons (Fsp3) is 0.207. The molecule has 32 heavy (non-hydrogen) atoms. The van der Waals surface area contributed by atoms with Crippen molar-refractivity contribution >= 4 is 5.91 Å². The van der Waals surface area contributed by atoms with E-state index < -0.39 is 0 Å². The van der Waals surface area contributed by atoms with Gasteiger partial charge in [-0.2, -0.15) is 0 Å². The molecule has 0 aliphatic rings. The third-order valence-corrected chi connectivity index (χ3v) is 5.84. The van der Waals surface area contributed by atoms with Gasteiger partial charge in [0.15, 0.2) is 0 Å². The molecule has 0 unspecified atom stereocenters. The van der Waals surface area contributed by atoms with Crippen LogP contribution in [0.3, 0.4) is 0 Å². The number of nitrogens with one attached hydrogen (secondary N) is 1. The second kappa shape index (κ2) is 9.69. The first-order chi connectivity index (χ1) is 15.5. The first-order valence-corrected chi connectivity index (χ1v) is 11.2. The zero-order valence-electron chi connectivity index (χ0n) is 19.1. The number of rotatable bonds is 7. The number of nitrogens with zero attached hydrogens (tertiary/aromatic N) is 1. The van der Waals surface area contributed by atoms with Crippen LogP contribution in [0, 0.1) is 20.8 Å². The Morgan fingerprint density at radius 1 is 0.781 bits per heavy atom. The van der Waals surface area contributed by atoms with E-state index in [0.29, 0.717) is 13.1 Å². The van der Waals surface area contributed by atoms with Gasteiger partial charge in [-0.3, -0.25) is 4.79 Å². The minimum atomic E-state index is -0.0308. The van der Waals surface area contributed by atoms with E-state index in [-0.39, 0.29) is 5.91 Å². The predicted molar refractivity (Wildman–Crippen MR) is 132 cm³/mol. The van der Waals surface area contributed by atoms with Crippen molar-refractivity contribution in [3.05, 3.63) is 119 Å². The first kappa shape index (κ1) is 21.6. The Morgan fingerprint density at radius 3 is 2.06 bits per heavy atom. The molecule has 0 radical (unpaired) electrons. The molecular weight excluding hydrogens is 392 g/mol. The van der Waals surface area contributed by atoms with Gasteiger partial charge in [-0.15, -0.1) is 0 Å². The van der Waals surface area contributed by atoms with Crippen LogP contribution >= 0.6 is 0 Å². The first-order valence-electron chi connectivity index (χ1n) is 11.2. The molecule has 3 aromatic carbocycles. The number of aromatic nitrogens is 1. The molecular formula is C29H30N2O. The van der Waals surface area contributed by atoms with Crippen LogP contribution in [0.4, 0.5) is 0 Å². The smallest absolute Gasteiger partial charge is 0.268 e. The summed E-state index contributed by atoms with van der Waals surface area (Å²) in [5.41, 5.74) is 8.75. The lowest BCUT2D eigenvalue weighted by Crippen LogP contribution is -2.28. The molecule has 1 aromatic heterocycles. The minimum absolute atomic E-state index is 0.0308. The Hall–Kier alpha value is -3.59. The van der Waals surface area contributed by atoms with Gasteiger partial charge in [0.05, 0.1) is 0 Å². The highest BCUT2D eigenvalue weighted by Gasteiger charge is 2.21. The summed E-state index contributed by atoms with van der Waals surface area (Å²) in [5.74, 6) is -0.0308. The number of benzene rings is 3. The van der Waals surface area contributed by atoms with E-state index >= 15 is 0 Å². The van der Waals surface area contributed by atoms with Crippen LogP contribution in [0.5, 0.6) is 0 Å². The van der Waals surface area contributed by atoms with Crippen molar-refractivity contribution in [1.29, 1.82) is 0 Å². The summed E-state index contributed by atoms with van der Waals surface area (Å²) in [6.07, 6.45) is 2.91. The molecule has 1 amide bonds. The number of hydrogen-bond acceptors (Lipinski definition) is 1. The molecule has 1 N–H and O–H groups in total. The van der Waals surface area contributed by atoms with Crippen molar-refractivity contribution < 1.29 is 4.79 Å². The van der Waals surface area contributed by atoms with Gasteiger partial charge in [-0.05, 0) is 49.4 Å². The molecule has 0 aliphatic carbocycles. The molecule has 3 heteroatoms. The molecule has 4 rings (SSSR count). The lowest BCUT2D eigenvalue weighted by Gasteiger charge is -2.13. The van der Waals surface area contributed by atoms with Crippen LogP contribution < -0.4 is 5.32 Å². The maximum Gasteiger partial charge on any atom is 0.268 e. The third kappa shape index (κ3) is 5.00. The average Bonchev–Trinajstić information content (AvgIpc) is 3.12. The lowest BCUT2D eigenvalue weighted by molar-refractivity contribution is 0.0946. The quantitative estimate of drug-likeness (QED) is 0.383. The molecule has 0 aliphatic heterocycles. The third-order valence-electron chi connectivity index (χ3n) is 5.84. The monoisotopic (exact) mass is 422 g/mol. The van der Waals surface area contributed by atoms with E-state index in [1.165, 1.54) is 22.3 Å². The van der Waals surface area contributed by atoms with Crippen LogP contribution in [0.25, 0.3) is 11.1 Å². The van der Waals surface area contributed by atoms with Gasteiger partial charge in [0.25, 0.3) is 5.91 Å². The van der Waals surface area contributed by atoms with Gasteiger partial charge in [0.1, 0.15) is 5.69 Å². The van der Waals surface area contributed by atoms with Crippen LogP contribution in [-0.2, 0) is 13.0 Å². The molecule has 4 aromatic rings. The second-order valence-corrected chi connectivity index (χ2v) is 8.51. The van der Waals surface area contributed by atoms with Crippen LogP contribution in [0.1, 0.15) is 38.3 Å². The van der Waals surface area contributed by atoms with Gasteiger partial charge < -0.3 is 9.88 Å². The predicted octanol–water partition coefficient (Wildman–Crippen LogP) is 6.10. The largest absolute Gasteiger partial charge is 0.350 e. The topological polar surface area (TPSA) is 34.0 Å². The molecule has 3 nitrogen and oxygen atoms in total. The number of amides is 1. The van der Waals surface area contributed by atoms with Crippen molar-refractivity contribution in [2.45, 2.75) is 33.7 Å². The Labute approximate surface area is 190 Å². The van der Waals surface area contributed by atoms with Crippen molar-refractivity contribution in [1.82, 2.24) is 9.88 Å². The maximum absolute atomic E-state index is 13.4. The van der Waals surface area contributed by atoms with Gasteiger partial charge in [-0.1, -0.05) is 90.0 Å². The molecule has 0 saturated heterocycles. The minimum Gasteiger partial charge on any atom is -0.350 e. The van der Waals surface area contributed by atoms with Crippen LogP contribution in [0.15, 0.2) is 85.1 Å². The van der Waals surface area contributed by atoms with E-state index in [2.05, 4.69) is 97.5 Å². The molecule has 0 saturated carbocycles. The van der Waals surface area contributed by atoms with Gasteiger partial charge in [0, 0.05) is 24.8 Å². The molecule has 1 heterocycles.